The Morgan fingerprint density at radius 3 is 2.33 bits per heavy atom. The lowest BCUT2D eigenvalue weighted by atomic mass is 10.3. The SMILES string of the molecule is COc1cc(N)n(-c2ccc(S(C)(=O)=O)cc2)n1. The van der Waals surface area contributed by atoms with Crippen LogP contribution in [0.25, 0.3) is 5.69 Å². The predicted octanol–water partition coefficient (Wildman–Crippen LogP) is 0.867. The van der Waals surface area contributed by atoms with Crippen LogP contribution >= 0.6 is 0 Å². The second-order valence-electron chi connectivity index (χ2n) is 3.79. The minimum absolute atomic E-state index is 0.254. The molecule has 0 aliphatic rings. The molecule has 1 aromatic carbocycles. The second kappa shape index (κ2) is 4.34. The highest BCUT2D eigenvalue weighted by Crippen LogP contribution is 2.20. The number of rotatable bonds is 3. The topological polar surface area (TPSA) is 87.2 Å². The van der Waals surface area contributed by atoms with Gasteiger partial charge in [0.05, 0.1) is 17.7 Å². The number of methoxy groups -OCH3 is 1. The molecule has 0 aliphatic heterocycles. The molecule has 96 valence electrons. The van der Waals surface area contributed by atoms with Crippen LogP contribution in [0, 0.1) is 0 Å². The zero-order valence-corrected chi connectivity index (χ0v) is 10.8. The van der Waals surface area contributed by atoms with Crippen LogP contribution in [0.3, 0.4) is 0 Å². The maximum Gasteiger partial charge on any atom is 0.235 e. The Kier molecular flexibility index (Phi) is 3.00. The Hall–Kier alpha value is -2.02. The average molecular weight is 267 g/mol. The molecular weight excluding hydrogens is 254 g/mol. The fourth-order valence-electron chi connectivity index (χ4n) is 1.51. The molecule has 0 saturated carbocycles. The Balaban J connectivity index is 2.43. The Morgan fingerprint density at radius 1 is 1.28 bits per heavy atom. The predicted molar refractivity (Wildman–Crippen MR) is 67.6 cm³/mol. The van der Waals surface area contributed by atoms with E-state index in [-0.39, 0.29) is 4.90 Å². The van der Waals surface area contributed by atoms with Crippen molar-refractivity contribution in [2.24, 2.45) is 0 Å². The molecule has 0 saturated heterocycles. The Morgan fingerprint density at radius 2 is 1.89 bits per heavy atom. The lowest BCUT2D eigenvalue weighted by molar-refractivity contribution is 0.394. The molecule has 7 heteroatoms. The number of sulfone groups is 1. The van der Waals surface area contributed by atoms with Crippen molar-refractivity contribution in [2.45, 2.75) is 4.90 Å². The first-order valence-electron chi connectivity index (χ1n) is 5.12. The van der Waals surface area contributed by atoms with E-state index in [0.717, 1.165) is 6.26 Å². The van der Waals surface area contributed by atoms with Gasteiger partial charge >= 0.3 is 0 Å². The summed E-state index contributed by atoms with van der Waals surface area (Å²) in [5, 5.41) is 4.11. The van der Waals surface area contributed by atoms with Crippen molar-refractivity contribution >= 4 is 15.7 Å². The summed E-state index contributed by atoms with van der Waals surface area (Å²) in [5.41, 5.74) is 6.44. The van der Waals surface area contributed by atoms with Gasteiger partial charge in [-0.25, -0.2) is 13.1 Å². The standard InChI is InChI=1S/C11H13N3O3S/c1-17-11-7-10(12)14(13-11)8-3-5-9(6-4-8)18(2,15)16/h3-7H,12H2,1-2H3. The van der Waals surface area contributed by atoms with Crippen molar-refractivity contribution in [3.05, 3.63) is 30.3 Å². The van der Waals surface area contributed by atoms with Gasteiger partial charge in [0.1, 0.15) is 5.82 Å². The van der Waals surface area contributed by atoms with E-state index in [4.69, 9.17) is 10.5 Å². The van der Waals surface area contributed by atoms with E-state index >= 15 is 0 Å². The zero-order valence-electron chi connectivity index (χ0n) is 9.99. The fraction of sp³-hybridized carbons (Fsp3) is 0.182. The molecule has 18 heavy (non-hydrogen) atoms. The van der Waals surface area contributed by atoms with Gasteiger partial charge < -0.3 is 10.5 Å². The van der Waals surface area contributed by atoms with Gasteiger partial charge in [0, 0.05) is 12.3 Å². The molecule has 0 bridgehead atoms. The monoisotopic (exact) mass is 267 g/mol. The Bertz CT molecular complexity index is 659. The van der Waals surface area contributed by atoms with Crippen molar-refractivity contribution in [1.29, 1.82) is 0 Å². The van der Waals surface area contributed by atoms with Gasteiger partial charge in [0.25, 0.3) is 0 Å². The van der Waals surface area contributed by atoms with Crippen LogP contribution in [-0.4, -0.2) is 31.6 Å². The van der Waals surface area contributed by atoms with Crippen LogP contribution in [0.4, 0.5) is 5.82 Å². The van der Waals surface area contributed by atoms with Gasteiger partial charge in [0.15, 0.2) is 9.84 Å². The molecule has 1 aromatic heterocycles. The molecule has 0 amide bonds. The Labute approximate surface area is 105 Å². The highest BCUT2D eigenvalue weighted by Gasteiger charge is 2.10. The molecule has 0 spiro atoms. The molecule has 2 rings (SSSR count). The molecule has 0 atom stereocenters. The van der Waals surface area contributed by atoms with E-state index in [1.54, 1.807) is 18.2 Å². The van der Waals surface area contributed by atoms with Crippen LogP contribution in [-0.2, 0) is 9.84 Å². The van der Waals surface area contributed by atoms with Crippen molar-refractivity contribution in [3.8, 4) is 11.6 Å². The lowest BCUT2D eigenvalue weighted by Gasteiger charge is -2.04. The lowest BCUT2D eigenvalue weighted by Crippen LogP contribution is -2.03. The van der Waals surface area contributed by atoms with E-state index in [1.165, 1.54) is 23.9 Å². The van der Waals surface area contributed by atoms with Gasteiger partial charge in [0.2, 0.25) is 5.88 Å². The molecule has 2 aromatic rings. The van der Waals surface area contributed by atoms with Crippen LogP contribution in [0.15, 0.2) is 35.2 Å². The van der Waals surface area contributed by atoms with Gasteiger partial charge in [-0.1, -0.05) is 0 Å². The van der Waals surface area contributed by atoms with Gasteiger partial charge in [-0.05, 0) is 24.3 Å². The van der Waals surface area contributed by atoms with Crippen LogP contribution < -0.4 is 10.5 Å². The molecule has 0 aliphatic carbocycles. The number of hydrogen-bond acceptors (Lipinski definition) is 5. The summed E-state index contributed by atoms with van der Waals surface area (Å²) in [4.78, 5) is 0.254. The quantitative estimate of drug-likeness (QED) is 0.891. The smallest absolute Gasteiger partial charge is 0.235 e. The van der Waals surface area contributed by atoms with Gasteiger partial charge in [-0.15, -0.1) is 5.10 Å². The number of ether oxygens (including phenoxy) is 1. The number of aromatic nitrogens is 2. The molecule has 0 unspecified atom stereocenters. The van der Waals surface area contributed by atoms with Crippen molar-refractivity contribution in [2.75, 3.05) is 19.1 Å². The van der Waals surface area contributed by atoms with Crippen molar-refractivity contribution < 1.29 is 13.2 Å². The first kappa shape index (κ1) is 12.4. The summed E-state index contributed by atoms with van der Waals surface area (Å²) in [5.74, 6) is 0.818. The maximum atomic E-state index is 11.3. The van der Waals surface area contributed by atoms with E-state index in [1.807, 2.05) is 0 Å². The van der Waals surface area contributed by atoms with E-state index in [2.05, 4.69) is 5.10 Å². The van der Waals surface area contributed by atoms with Crippen LogP contribution in [0.2, 0.25) is 0 Å². The molecule has 6 nitrogen and oxygen atoms in total. The van der Waals surface area contributed by atoms with Crippen LogP contribution in [0.5, 0.6) is 5.88 Å². The first-order chi connectivity index (χ1) is 8.41. The molecule has 0 fully saturated rings. The number of hydrogen-bond donors (Lipinski definition) is 1. The van der Waals surface area contributed by atoms with Gasteiger partial charge in [-0.3, -0.25) is 0 Å². The second-order valence-corrected chi connectivity index (χ2v) is 5.81. The van der Waals surface area contributed by atoms with Gasteiger partial charge in [-0.2, -0.15) is 0 Å². The molecule has 0 radical (unpaired) electrons. The first-order valence-corrected chi connectivity index (χ1v) is 7.01. The number of benzene rings is 1. The third-order valence-electron chi connectivity index (χ3n) is 2.43. The summed E-state index contributed by atoms with van der Waals surface area (Å²) < 4.78 is 29.1. The van der Waals surface area contributed by atoms with Crippen molar-refractivity contribution in [1.82, 2.24) is 9.78 Å². The molecular formula is C11H13N3O3S. The normalized spacial score (nSPS) is 11.4. The summed E-state index contributed by atoms with van der Waals surface area (Å²) in [6.45, 7) is 0. The molecule has 1 heterocycles. The van der Waals surface area contributed by atoms with Crippen molar-refractivity contribution in [3.63, 3.8) is 0 Å². The summed E-state index contributed by atoms with van der Waals surface area (Å²) in [6.07, 6.45) is 1.16. The zero-order chi connectivity index (χ0) is 13.3. The minimum atomic E-state index is -3.20. The van der Waals surface area contributed by atoms with E-state index < -0.39 is 9.84 Å². The highest BCUT2D eigenvalue weighted by molar-refractivity contribution is 7.90. The number of nitrogens with two attached hydrogens (primary N) is 1. The summed E-state index contributed by atoms with van der Waals surface area (Å²) in [6, 6.07) is 7.89. The summed E-state index contributed by atoms with van der Waals surface area (Å²) >= 11 is 0. The minimum Gasteiger partial charge on any atom is -0.480 e. The third kappa shape index (κ3) is 2.30. The third-order valence-corrected chi connectivity index (χ3v) is 3.56. The fourth-order valence-corrected chi connectivity index (χ4v) is 2.14. The largest absolute Gasteiger partial charge is 0.480 e. The summed E-state index contributed by atoms with van der Waals surface area (Å²) in [7, 11) is -1.70. The van der Waals surface area contributed by atoms with E-state index in [0.29, 0.717) is 17.4 Å². The number of nitrogen functional groups attached to an aromatic ring is 1. The number of anilines is 1. The van der Waals surface area contributed by atoms with Crippen LogP contribution in [0.1, 0.15) is 0 Å². The molecule has 2 N–H and O–H groups in total. The average Bonchev–Trinajstić information content (AvgIpc) is 2.70. The highest BCUT2D eigenvalue weighted by atomic mass is 32.2. The van der Waals surface area contributed by atoms with E-state index in [9.17, 15) is 8.42 Å². The maximum absolute atomic E-state index is 11.3. The number of nitrogens with zero attached hydrogens (tertiary/aromatic N) is 2.